The van der Waals surface area contributed by atoms with Gasteiger partial charge in [-0.1, -0.05) is 125 Å². The molecule has 1 rings (SSSR count). The third-order valence-electron chi connectivity index (χ3n) is 8.77. The maximum Gasteiger partial charge on any atom is 0.264 e. The van der Waals surface area contributed by atoms with Gasteiger partial charge in [0.05, 0.1) is 25.6 Å². The first-order valence-electron chi connectivity index (χ1n) is 20.0. The van der Waals surface area contributed by atoms with Crippen LogP contribution in [0.15, 0.2) is 72.9 Å². The predicted octanol–water partition coefficient (Wildman–Crippen LogP) is 12.8. The van der Waals surface area contributed by atoms with Crippen LogP contribution >= 0.6 is 0 Å². The summed E-state index contributed by atoms with van der Waals surface area (Å²) in [5.74, 6) is -0.548. The molecule has 0 aromatic rings. The van der Waals surface area contributed by atoms with Gasteiger partial charge in [-0.3, -0.25) is 4.18 Å². The summed E-state index contributed by atoms with van der Waals surface area (Å²) in [6.07, 6.45) is 55.4. The van der Waals surface area contributed by atoms with E-state index in [1.54, 1.807) is 0 Å². The molecule has 0 spiro atoms. The van der Waals surface area contributed by atoms with Gasteiger partial charge in [0.1, 0.15) is 0 Å². The van der Waals surface area contributed by atoms with E-state index >= 15 is 0 Å². The Morgan fingerprint density at radius 1 is 0.571 bits per heavy atom. The first-order valence-corrected chi connectivity index (χ1v) is 21.8. The molecule has 1 aliphatic rings. The highest BCUT2D eigenvalue weighted by Gasteiger charge is 2.40. The van der Waals surface area contributed by atoms with Crippen LogP contribution in [0.1, 0.15) is 168 Å². The van der Waals surface area contributed by atoms with Crippen LogP contribution in [-0.2, 0) is 23.8 Å². The molecular formula is C43H74O5S. The van der Waals surface area contributed by atoms with Crippen LogP contribution in [-0.4, -0.2) is 39.8 Å². The highest BCUT2D eigenvalue weighted by Crippen LogP contribution is 2.35. The van der Waals surface area contributed by atoms with E-state index in [1.807, 2.05) is 0 Å². The van der Waals surface area contributed by atoms with Crippen molar-refractivity contribution in [3.8, 4) is 0 Å². The van der Waals surface area contributed by atoms with Gasteiger partial charge < -0.3 is 9.47 Å². The van der Waals surface area contributed by atoms with Gasteiger partial charge in [-0.15, -0.1) is 0 Å². The zero-order chi connectivity index (χ0) is 35.6. The summed E-state index contributed by atoms with van der Waals surface area (Å²) in [6.45, 7) is 5.14. The summed E-state index contributed by atoms with van der Waals surface area (Å²) in [6, 6.07) is 0. The third-order valence-corrected chi connectivity index (χ3v) is 9.37. The van der Waals surface area contributed by atoms with E-state index in [-0.39, 0.29) is 12.7 Å². The van der Waals surface area contributed by atoms with E-state index in [0.29, 0.717) is 13.0 Å². The lowest BCUT2D eigenvalue weighted by molar-refractivity contribution is -0.180. The highest BCUT2D eigenvalue weighted by atomic mass is 32.2. The summed E-state index contributed by atoms with van der Waals surface area (Å²) in [5.41, 5.74) is 0. The Kier molecular flexibility index (Phi) is 29.8. The average Bonchev–Trinajstić information content (AvgIpc) is 3.48. The second-order valence-electron chi connectivity index (χ2n) is 13.6. The number of hydrogen-bond acceptors (Lipinski definition) is 5. The van der Waals surface area contributed by atoms with Gasteiger partial charge in [-0.05, 0) is 96.3 Å². The topological polar surface area (TPSA) is 61.8 Å². The molecule has 6 heteroatoms. The quantitative estimate of drug-likeness (QED) is 0.0387. The summed E-state index contributed by atoms with van der Waals surface area (Å²) >= 11 is 0. The maximum absolute atomic E-state index is 11.4. The molecule has 0 aromatic carbocycles. The number of unbranched alkanes of at least 4 members (excludes halogenated alkanes) is 13. The molecule has 0 N–H and O–H groups in total. The Morgan fingerprint density at radius 3 is 1.45 bits per heavy atom. The van der Waals surface area contributed by atoms with Crippen molar-refractivity contribution < 1.29 is 22.1 Å². The lowest BCUT2D eigenvalue weighted by Crippen LogP contribution is -2.31. The smallest absolute Gasteiger partial charge is 0.264 e. The Hall–Kier alpha value is -1.73. The monoisotopic (exact) mass is 703 g/mol. The largest absolute Gasteiger partial charge is 0.347 e. The molecule has 0 aliphatic carbocycles. The molecule has 0 aromatic heterocycles. The molecule has 0 bridgehead atoms. The van der Waals surface area contributed by atoms with Gasteiger partial charge in [0.15, 0.2) is 5.79 Å². The van der Waals surface area contributed by atoms with Gasteiger partial charge in [0.2, 0.25) is 0 Å². The third kappa shape index (κ3) is 29.7. The summed E-state index contributed by atoms with van der Waals surface area (Å²) in [7, 11) is -3.44. The Balaban J connectivity index is 2.29. The summed E-state index contributed by atoms with van der Waals surface area (Å²) in [4.78, 5) is 0. The van der Waals surface area contributed by atoms with E-state index in [9.17, 15) is 8.42 Å². The molecule has 2 atom stereocenters. The van der Waals surface area contributed by atoms with Crippen molar-refractivity contribution in [3.05, 3.63) is 72.9 Å². The number of allylic oxidation sites excluding steroid dienone is 12. The van der Waals surface area contributed by atoms with E-state index in [0.717, 1.165) is 89.7 Å². The molecule has 1 heterocycles. The minimum atomic E-state index is -3.44. The highest BCUT2D eigenvalue weighted by molar-refractivity contribution is 7.85. The van der Waals surface area contributed by atoms with E-state index in [1.165, 1.54) is 64.2 Å². The Morgan fingerprint density at radius 2 is 0.980 bits per heavy atom. The fourth-order valence-corrected chi connectivity index (χ4v) is 6.28. The standard InChI is InChI=1S/C43H74O5S/c1-4-6-8-10-12-14-16-18-20-22-24-26-28-30-32-34-36-39-43(46-41-42(48-43)37-40-47-49(3,44)45)38-35-33-31-29-27-25-23-21-19-17-15-13-11-9-7-5-2/h12-15,18-21,25-28,42H,4-11,16-17,22-24,29-41H2,1-3H3/b14-12-,15-13-,20-18-,21-19-,27-25-,28-26-. The van der Waals surface area contributed by atoms with Crippen molar-refractivity contribution in [2.45, 2.75) is 180 Å². The van der Waals surface area contributed by atoms with Crippen molar-refractivity contribution in [2.75, 3.05) is 19.5 Å². The predicted molar refractivity (Wildman–Crippen MR) is 211 cm³/mol. The zero-order valence-electron chi connectivity index (χ0n) is 31.8. The van der Waals surface area contributed by atoms with E-state index < -0.39 is 15.9 Å². The fourth-order valence-electron chi connectivity index (χ4n) is 5.88. The molecule has 0 saturated carbocycles. The molecule has 0 radical (unpaired) electrons. The van der Waals surface area contributed by atoms with Crippen molar-refractivity contribution in [2.24, 2.45) is 0 Å². The van der Waals surface area contributed by atoms with Crippen LogP contribution in [0, 0.1) is 0 Å². The van der Waals surface area contributed by atoms with Crippen LogP contribution in [0.4, 0.5) is 0 Å². The molecule has 1 fully saturated rings. The number of rotatable bonds is 33. The second kappa shape index (κ2) is 32.2. The molecule has 5 nitrogen and oxygen atoms in total. The average molecular weight is 703 g/mol. The molecular weight excluding hydrogens is 629 g/mol. The Bertz CT molecular complexity index is 1040. The molecule has 49 heavy (non-hydrogen) atoms. The van der Waals surface area contributed by atoms with E-state index in [4.69, 9.17) is 13.7 Å². The van der Waals surface area contributed by atoms with Gasteiger partial charge in [0.25, 0.3) is 10.1 Å². The summed E-state index contributed by atoms with van der Waals surface area (Å²) in [5, 5.41) is 0. The van der Waals surface area contributed by atoms with Crippen LogP contribution in [0.3, 0.4) is 0 Å². The van der Waals surface area contributed by atoms with Gasteiger partial charge >= 0.3 is 0 Å². The number of hydrogen-bond donors (Lipinski definition) is 0. The van der Waals surface area contributed by atoms with Crippen molar-refractivity contribution in [3.63, 3.8) is 0 Å². The Labute approximate surface area is 303 Å². The second-order valence-corrected chi connectivity index (χ2v) is 15.2. The first kappa shape index (κ1) is 45.3. The number of ether oxygens (including phenoxy) is 2. The molecule has 282 valence electrons. The minimum absolute atomic E-state index is 0.118. The molecule has 1 saturated heterocycles. The molecule has 0 amide bonds. The van der Waals surface area contributed by atoms with Crippen LogP contribution < -0.4 is 0 Å². The lowest BCUT2D eigenvalue weighted by Gasteiger charge is -2.28. The summed E-state index contributed by atoms with van der Waals surface area (Å²) < 4.78 is 40.5. The molecule has 1 aliphatic heterocycles. The van der Waals surface area contributed by atoms with Crippen LogP contribution in [0.5, 0.6) is 0 Å². The molecule has 2 unspecified atom stereocenters. The normalized spacial score (nSPS) is 19.1. The lowest BCUT2D eigenvalue weighted by atomic mass is 9.99. The van der Waals surface area contributed by atoms with Crippen LogP contribution in [0.2, 0.25) is 0 Å². The van der Waals surface area contributed by atoms with Gasteiger partial charge in [0, 0.05) is 19.3 Å². The maximum atomic E-state index is 11.4. The minimum Gasteiger partial charge on any atom is -0.347 e. The van der Waals surface area contributed by atoms with Crippen molar-refractivity contribution in [1.82, 2.24) is 0 Å². The fraction of sp³-hybridized carbons (Fsp3) is 0.721. The van der Waals surface area contributed by atoms with Gasteiger partial charge in [-0.2, -0.15) is 8.42 Å². The van der Waals surface area contributed by atoms with Gasteiger partial charge in [-0.25, -0.2) is 0 Å². The van der Waals surface area contributed by atoms with Crippen molar-refractivity contribution in [1.29, 1.82) is 0 Å². The SMILES string of the molecule is CCCCC/C=C\C/C=C\C/C=C\CCCCCC1(CCCCC/C=C\CC/C=C\C/C=C\CCCCC)OCC(CCOS(C)(=O)=O)O1. The van der Waals surface area contributed by atoms with Crippen LogP contribution in [0.25, 0.3) is 0 Å². The zero-order valence-corrected chi connectivity index (χ0v) is 32.7. The van der Waals surface area contributed by atoms with E-state index in [2.05, 4.69) is 86.8 Å². The van der Waals surface area contributed by atoms with Crippen molar-refractivity contribution >= 4 is 10.1 Å². The first-order chi connectivity index (χ1) is 23.9.